The van der Waals surface area contributed by atoms with E-state index in [1.54, 1.807) is 0 Å². The summed E-state index contributed by atoms with van der Waals surface area (Å²) in [6.07, 6.45) is 5.53. The molecular formula is C16H22N2O. The maximum absolute atomic E-state index is 5.44. The van der Waals surface area contributed by atoms with Gasteiger partial charge in [0, 0.05) is 35.8 Å². The highest BCUT2D eigenvalue weighted by Crippen LogP contribution is 2.20. The second-order valence-electron chi connectivity index (χ2n) is 5.40. The van der Waals surface area contributed by atoms with Crippen LogP contribution in [0.3, 0.4) is 0 Å². The number of hydrogen-bond acceptors (Lipinski definition) is 2. The summed E-state index contributed by atoms with van der Waals surface area (Å²) in [6, 6.07) is 9.60. The van der Waals surface area contributed by atoms with Crippen molar-refractivity contribution < 1.29 is 4.74 Å². The lowest BCUT2D eigenvalue weighted by Crippen LogP contribution is -2.39. The molecule has 102 valence electrons. The van der Waals surface area contributed by atoms with Gasteiger partial charge >= 0.3 is 0 Å². The summed E-state index contributed by atoms with van der Waals surface area (Å²) in [5.74, 6) is 0. The van der Waals surface area contributed by atoms with Crippen LogP contribution in [-0.2, 0) is 11.2 Å². The van der Waals surface area contributed by atoms with Gasteiger partial charge in [-0.25, -0.2) is 0 Å². The number of ether oxygens (including phenoxy) is 1. The molecule has 3 heteroatoms. The monoisotopic (exact) mass is 258 g/mol. The van der Waals surface area contributed by atoms with E-state index in [9.17, 15) is 0 Å². The lowest BCUT2D eigenvalue weighted by atomic mass is 10.0. The predicted octanol–water partition coefficient (Wildman–Crippen LogP) is 2.87. The van der Waals surface area contributed by atoms with E-state index in [1.165, 1.54) is 16.5 Å². The van der Waals surface area contributed by atoms with Crippen molar-refractivity contribution in [2.75, 3.05) is 13.2 Å². The Morgan fingerprint density at radius 3 is 3.11 bits per heavy atom. The van der Waals surface area contributed by atoms with Gasteiger partial charge < -0.3 is 15.0 Å². The molecule has 0 saturated carbocycles. The molecule has 1 aromatic heterocycles. The van der Waals surface area contributed by atoms with Crippen LogP contribution in [0, 0.1) is 0 Å². The van der Waals surface area contributed by atoms with Gasteiger partial charge in [-0.1, -0.05) is 25.1 Å². The minimum Gasteiger partial charge on any atom is -0.380 e. The highest BCUT2D eigenvalue weighted by molar-refractivity contribution is 5.83. The number of hydrogen-bond donors (Lipinski definition) is 2. The molecule has 0 bridgehead atoms. The van der Waals surface area contributed by atoms with Crippen molar-refractivity contribution in [3.8, 4) is 0 Å². The number of nitrogens with one attached hydrogen (secondary N) is 2. The maximum Gasteiger partial charge on any atom is 0.0620 e. The number of benzene rings is 1. The van der Waals surface area contributed by atoms with Gasteiger partial charge in [-0.3, -0.25) is 0 Å². The SMILES string of the molecule is CCC(Cc1c[nH]c2ccccc12)NC1CCOC1. The van der Waals surface area contributed by atoms with Crippen LogP contribution < -0.4 is 5.32 Å². The van der Waals surface area contributed by atoms with Crippen molar-refractivity contribution in [3.05, 3.63) is 36.0 Å². The maximum atomic E-state index is 5.44. The Morgan fingerprint density at radius 1 is 1.42 bits per heavy atom. The molecule has 1 aromatic carbocycles. The zero-order valence-electron chi connectivity index (χ0n) is 11.5. The molecule has 1 saturated heterocycles. The van der Waals surface area contributed by atoms with Crippen LogP contribution in [0.15, 0.2) is 30.5 Å². The van der Waals surface area contributed by atoms with Gasteiger partial charge in [-0.15, -0.1) is 0 Å². The van der Waals surface area contributed by atoms with Gasteiger partial charge in [0.1, 0.15) is 0 Å². The molecule has 0 radical (unpaired) electrons. The van der Waals surface area contributed by atoms with Crippen LogP contribution in [0.5, 0.6) is 0 Å². The molecule has 1 fully saturated rings. The van der Waals surface area contributed by atoms with Gasteiger partial charge in [0.25, 0.3) is 0 Å². The fourth-order valence-corrected chi connectivity index (χ4v) is 2.89. The predicted molar refractivity (Wildman–Crippen MR) is 78.4 cm³/mol. The normalized spacial score (nSPS) is 21.0. The van der Waals surface area contributed by atoms with E-state index < -0.39 is 0 Å². The molecule has 2 atom stereocenters. The summed E-state index contributed by atoms with van der Waals surface area (Å²) < 4.78 is 5.44. The van der Waals surface area contributed by atoms with Crippen molar-refractivity contribution in [2.24, 2.45) is 0 Å². The van der Waals surface area contributed by atoms with Crippen LogP contribution in [0.1, 0.15) is 25.3 Å². The smallest absolute Gasteiger partial charge is 0.0620 e. The van der Waals surface area contributed by atoms with Crippen LogP contribution in [0.25, 0.3) is 10.9 Å². The van der Waals surface area contributed by atoms with E-state index in [2.05, 4.69) is 47.7 Å². The van der Waals surface area contributed by atoms with Crippen molar-refractivity contribution in [3.63, 3.8) is 0 Å². The lowest BCUT2D eigenvalue weighted by molar-refractivity contribution is 0.187. The van der Waals surface area contributed by atoms with E-state index in [1.807, 2.05) is 0 Å². The van der Waals surface area contributed by atoms with Crippen molar-refractivity contribution in [1.29, 1.82) is 0 Å². The Balaban J connectivity index is 1.71. The van der Waals surface area contributed by atoms with Crippen molar-refractivity contribution in [1.82, 2.24) is 10.3 Å². The molecule has 0 spiro atoms. The minimum absolute atomic E-state index is 0.533. The number of H-pyrrole nitrogens is 1. The Labute approximate surface area is 114 Å². The first-order valence-electron chi connectivity index (χ1n) is 7.25. The molecular weight excluding hydrogens is 236 g/mol. The van der Waals surface area contributed by atoms with Gasteiger partial charge in [0.2, 0.25) is 0 Å². The number of fused-ring (bicyclic) bond motifs is 1. The average molecular weight is 258 g/mol. The largest absolute Gasteiger partial charge is 0.380 e. The fourth-order valence-electron chi connectivity index (χ4n) is 2.89. The number of aromatic amines is 1. The molecule has 19 heavy (non-hydrogen) atoms. The summed E-state index contributed by atoms with van der Waals surface area (Å²) in [7, 11) is 0. The second kappa shape index (κ2) is 5.76. The third-order valence-electron chi connectivity index (χ3n) is 4.04. The summed E-state index contributed by atoms with van der Waals surface area (Å²) in [5, 5.41) is 5.08. The molecule has 3 nitrogen and oxygen atoms in total. The zero-order chi connectivity index (χ0) is 13.1. The summed E-state index contributed by atoms with van der Waals surface area (Å²) in [6.45, 7) is 4.02. The third-order valence-corrected chi connectivity index (χ3v) is 4.04. The first-order chi connectivity index (χ1) is 9.36. The van der Waals surface area contributed by atoms with Gasteiger partial charge in [0.15, 0.2) is 0 Å². The number of rotatable bonds is 5. The fraction of sp³-hybridized carbons (Fsp3) is 0.500. The molecule has 1 aliphatic heterocycles. The molecule has 2 unspecified atom stereocenters. The molecule has 0 amide bonds. The van der Waals surface area contributed by atoms with Crippen molar-refractivity contribution >= 4 is 10.9 Å². The van der Waals surface area contributed by atoms with Crippen LogP contribution >= 0.6 is 0 Å². The van der Waals surface area contributed by atoms with E-state index in [0.29, 0.717) is 12.1 Å². The van der Waals surface area contributed by atoms with Crippen LogP contribution in [0.2, 0.25) is 0 Å². The Bertz CT molecular complexity index is 528. The summed E-state index contributed by atoms with van der Waals surface area (Å²) >= 11 is 0. The first kappa shape index (κ1) is 12.7. The number of aromatic nitrogens is 1. The van der Waals surface area contributed by atoms with E-state index in [4.69, 9.17) is 4.74 Å². The molecule has 2 N–H and O–H groups in total. The minimum atomic E-state index is 0.533. The summed E-state index contributed by atoms with van der Waals surface area (Å²) in [5.41, 5.74) is 2.64. The second-order valence-corrected chi connectivity index (χ2v) is 5.40. The molecule has 2 heterocycles. The van der Waals surface area contributed by atoms with Gasteiger partial charge in [0.05, 0.1) is 6.61 Å². The first-order valence-corrected chi connectivity index (χ1v) is 7.25. The quantitative estimate of drug-likeness (QED) is 0.865. The van der Waals surface area contributed by atoms with E-state index in [-0.39, 0.29) is 0 Å². The van der Waals surface area contributed by atoms with Gasteiger partial charge in [-0.05, 0) is 30.9 Å². The Morgan fingerprint density at radius 2 is 2.32 bits per heavy atom. The Hall–Kier alpha value is -1.32. The van der Waals surface area contributed by atoms with E-state index in [0.717, 1.165) is 32.5 Å². The summed E-state index contributed by atoms with van der Waals surface area (Å²) in [4.78, 5) is 3.36. The van der Waals surface area contributed by atoms with Gasteiger partial charge in [-0.2, -0.15) is 0 Å². The van der Waals surface area contributed by atoms with Crippen LogP contribution in [0.4, 0.5) is 0 Å². The highest BCUT2D eigenvalue weighted by atomic mass is 16.5. The third kappa shape index (κ3) is 2.82. The van der Waals surface area contributed by atoms with Crippen molar-refractivity contribution in [2.45, 2.75) is 38.3 Å². The Kier molecular flexibility index (Phi) is 3.85. The topological polar surface area (TPSA) is 37.0 Å². The zero-order valence-corrected chi connectivity index (χ0v) is 11.5. The standard InChI is InChI=1S/C16H22N2O/c1-2-13(18-14-7-8-19-11-14)9-12-10-17-16-6-4-3-5-15(12)16/h3-6,10,13-14,17-18H,2,7-9,11H2,1H3. The molecule has 3 rings (SSSR count). The molecule has 0 aliphatic carbocycles. The molecule has 1 aliphatic rings. The van der Waals surface area contributed by atoms with Crippen LogP contribution in [-0.4, -0.2) is 30.3 Å². The number of para-hydroxylation sites is 1. The lowest BCUT2D eigenvalue weighted by Gasteiger charge is -2.20. The average Bonchev–Trinajstić information content (AvgIpc) is 3.08. The molecule has 2 aromatic rings. The highest BCUT2D eigenvalue weighted by Gasteiger charge is 2.19. The van der Waals surface area contributed by atoms with E-state index >= 15 is 0 Å².